The summed E-state index contributed by atoms with van der Waals surface area (Å²) in [7, 11) is 1.57. The largest absolute Gasteiger partial charge is 0.485 e. The molecule has 0 unspecified atom stereocenters. The zero-order valence-electron chi connectivity index (χ0n) is 15.6. The van der Waals surface area contributed by atoms with Crippen molar-refractivity contribution in [2.24, 2.45) is 7.05 Å². The Balaban J connectivity index is 2.64. The molecule has 7 nitrogen and oxygen atoms in total. The zero-order valence-corrected chi connectivity index (χ0v) is 15.6. The van der Waals surface area contributed by atoms with Crippen LogP contribution in [0.1, 0.15) is 33.6 Å². The molecular weight excluding hydrogens is 336 g/mol. The van der Waals surface area contributed by atoms with Crippen molar-refractivity contribution in [3.05, 3.63) is 50.3 Å². The van der Waals surface area contributed by atoms with E-state index in [0.29, 0.717) is 23.3 Å². The molecule has 0 aliphatic carbocycles. The quantitative estimate of drug-likeness (QED) is 0.308. The molecule has 2 rings (SSSR count). The second-order valence-electron chi connectivity index (χ2n) is 6.28. The van der Waals surface area contributed by atoms with Crippen molar-refractivity contribution in [2.75, 3.05) is 13.2 Å². The number of aryl methyl sites for hydroxylation is 1. The Labute approximate surface area is 152 Å². The number of unbranched alkanes of at least 4 members (excludes halogenated alkanes) is 1. The maximum Gasteiger partial charge on any atom is 0.297 e. The van der Waals surface area contributed by atoms with Gasteiger partial charge in [-0.25, -0.2) is 0 Å². The molecule has 7 heteroatoms. The number of hydrogen-bond acceptors (Lipinski definition) is 5. The molecule has 1 aromatic carbocycles. The van der Waals surface area contributed by atoms with Gasteiger partial charge in [0, 0.05) is 24.6 Å². The average Bonchev–Trinajstić information content (AvgIpc) is 2.60. The lowest BCUT2D eigenvalue weighted by Crippen LogP contribution is -2.21. The van der Waals surface area contributed by atoms with Gasteiger partial charge in [0.1, 0.15) is 6.61 Å². The Bertz CT molecular complexity index is 895. The maximum atomic E-state index is 12.7. The van der Waals surface area contributed by atoms with Gasteiger partial charge in [-0.2, -0.15) is 0 Å². The summed E-state index contributed by atoms with van der Waals surface area (Å²) in [4.78, 5) is 23.3. The minimum atomic E-state index is -0.487. The van der Waals surface area contributed by atoms with Crippen LogP contribution in [-0.2, 0) is 7.05 Å². The summed E-state index contributed by atoms with van der Waals surface area (Å²) in [5.74, 6) is 0.469. The molecule has 0 radical (unpaired) electrons. The summed E-state index contributed by atoms with van der Waals surface area (Å²) in [6.45, 7) is 6.63. The average molecular weight is 360 g/mol. The third-order valence-corrected chi connectivity index (χ3v) is 3.97. The van der Waals surface area contributed by atoms with E-state index >= 15 is 0 Å². The van der Waals surface area contributed by atoms with E-state index in [1.165, 1.54) is 16.7 Å². The minimum absolute atomic E-state index is 0.0811. The normalized spacial score (nSPS) is 10.6. The molecule has 0 spiro atoms. The second kappa shape index (κ2) is 8.51. The topological polar surface area (TPSA) is 83.6 Å². The number of nitro benzene ring substituents is 1. The number of fused-ring (bicyclic) bond motifs is 1. The van der Waals surface area contributed by atoms with Crippen molar-refractivity contribution in [3.8, 4) is 11.5 Å². The number of aromatic nitrogens is 1. The van der Waals surface area contributed by atoms with Gasteiger partial charge in [0.2, 0.25) is 5.75 Å². The van der Waals surface area contributed by atoms with Crippen LogP contribution in [0.5, 0.6) is 11.5 Å². The first-order valence-corrected chi connectivity index (χ1v) is 8.56. The van der Waals surface area contributed by atoms with Crippen LogP contribution >= 0.6 is 0 Å². The molecule has 1 aromatic heterocycles. The highest BCUT2D eigenvalue weighted by molar-refractivity contribution is 5.89. The Morgan fingerprint density at radius 2 is 2.00 bits per heavy atom. The highest BCUT2D eigenvalue weighted by Gasteiger charge is 2.20. The van der Waals surface area contributed by atoms with Crippen LogP contribution < -0.4 is 15.0 Å². The van der Waals surface area contributed by atoms with Gasteiger partial charge < -0.3 is 14.0 Å². The predicted octanol–water partition coefficient (Wildman–Crippen LogP) is 3.97. The van der Waals surface area contributed by atoms with E-state index < -0.39 is 4.92 Å². The lowest BCUT2D eigenvalue weighted by Gasteiger charge is -2.16. The smallest absolute Gasteiger partial charge is 0.297 e. The van der Waals surface area contributed by atoms with Crippen molar-refractivity contribution in [3.63, 3.8) is 0 Å². The lowest BCUT2D eigenvalue weighted by atomic mass is 10.1. The standard InChI is InChI=1S/C19H24N2O5/c1-5-6-10-25-18-17(26-11-9-13(2)3)15-8-7-14(21(23)24)12-16(15)20(4)19(18)22/h7-9,12H,5-6,10-11H2,1-4H3. The van der Waals surface area contributed by atoms with E-state index in [4.69, 9.17) is 9.47 Å². The summed E-state index contributed by atoms with van der Waals surface area (Å²) in [6, 6.07) is 4.37. The molecule has 0 aliphatic heterocycles. The number of rotatable bonds is 8. The van der Waals surface area contributed by atoms with Gasteiger partial charge in [-0.3, -0.25) is 14.9 Å². The second-order valence-corrected chi connectivity index (χ2v) is 6.28. The first kappa shape index (κ1) is 19.5. The maximum absolute atomic E-state index is 12.7. The third kappa shape index (κ3) is 4.22. The third-order valence-electron chi connectivity index (χ3n) is 3.97. The fraction of sp³-hybridized carbons (Fsp3) is 0.421. The molecule has 1 heterocycles. The van der Waals surface area contributed by atoms with E-state index in [-0.39, 0.29) is 23.6 Å². The number of pyridine rings is 1. The summed E-state index contributed by atoms with van der Waals surface area (Å²) < 4.78 is 12.9. The summed E-state index contributed by atoms with van der Waals surface area (Å²) in [5, 5.41) is 11.7. The van der Waals surface area contributed by atoms with E-state index in [2.05, 4.69) is 0 Å². The lowest BCUT2D eigenvalue weighted by molar-refractivity contribution is -0.384. The molecule has 0 amide bonds. The van der Waals surface area contributed by atoms with Crippen LogP contribution in [0.4, 0.5) is 5.69 Å². The van der Waals surface area contributed by atoms with Gasteiger partial charge in [-0.1, -0.05) is 18.9 Å². The molecule has 0 saturated heterocycles. The molecule has 0 saturated carbocycles. The fourth-order valence-electron chi connectivity index (χ4n) is 2.47. The van der Waals surface area contributed by atoms with Gasteiger partial charge >= 0.3 is 0 Å². The summed E-state index contributed by atoms with van der Waals surface area (Å²) >= 11 is 0. The van der Waals surface area contributed by atoms with Crippen LogP contribution in [0.25, 0.3) is 10.9 Å². The van der Waals surface area contributed by atoms with Crippen LogP contribution in [0.2, 0.25) is 0 Å². The van der Waals surface area contributed by atoms with Crippen molar-refractivity contribution in [2.45, 2.75) is 33.6 Å². The van der Waals surface area contributed by atoms with Crippen LogP contribution in [0, 0.1) is 10.1 Å². The van der Waals surface area contributed by atoms with Crippen molar-refractivity contribution in [1.29, 1.82) is 0 Å². The Morgan fingerprint density at radius 1 is 1.27 bits per heavy atom. The van der Waals surface area contributed by atoms with E-state index in [9.17, 15) is 14.9 Å². The number of allylic oxidation sites excluding steroid dienone is 1. The van der Waals surface area contributed by atoms with Crippen LogP contribution in [0.15, 0.2) is 34.6 Å². The van der Waals surface area contributed by atoms with E-state index in [1.54, 1.807) is 13.1 Å². The molecule has 0 fully saturated rings. The van der Waals surface area contributed by atoms with Gasteiger partial charge in [0.15, 0.2) is 5.75 Å². The number of nitrogens with zero attached hydrogens (tertiary/aromatic N) is 2. The number of ether oxygens (including phenoxy) is 2. The molecule has 0 N–H and O–H groups in total. The number of nitro groups is 1. The van der Waals surface area contributed by atoms with E-state index in [1.807, 2.05) is 26.8 Å². The van der Waals surface area contributed by atoms with Gasteiger partial charge in [-0.05, 0) is 32.4 Å². The highest BCUT2D eigenvalue weighted by atomic mass is 16.6. The SMILES string of the molecule is CCCCOc1c(OCC=C(C)C)c2ccc([N+](=O)[O-])cc2n(C)c1=O. The Hall–Kier alpha value is -2.83. The molecule has 26 heavy (non-hydrogen) atoms. The van der Waals surface area contributed by atoms with Crippen molar-refractivity contribution < 1.29 is 14.4 Å². The molecule has 0 atom stereocenters. The number of benzene rings is 1. The van der Waals surface area contributed by atoms with Gasteiger partial charge in [0.25, 0.3) is 11.2 Å². The van der Waals surface area contributed by atoms with Crippen LogP contribution in [0.3, 0.4) is 0 Å². The Kier molecular flexibility index (Phi) is 6.38. The first-order valence-electron chi connectivity index (χ1n) is 8.56. The molecule has 140 valence electrons. The summed E-state index contributed by atoms with van der Waals surface area (Å²) in [5.41, 5.74) is 1.06. The fourth-order valence-corrected chi connectivity index (χ4v) is 2.47. The molecule has 0 aliphatic rings. The van der Waals surface area contributed by atoms with Crippen molar-refractivity contribution >= 4 is 16.6 Å². The predicted molar refractivity (Wildman–Crippen MR) is 101 cm³/mol. The Morgan fingerprint density at radius 3 is 2.62 bits per heavy atom. The van der Waals surface area contributed by atoms with E-state index in [0.717, 1.165) is 18.4 Å². The number of hydrogen-bond donors (Lipinski definition) is 0. The minimum Gasteiger partial charge on any atom is -0.485 e. The molecule has 2 aromatic rings. The zero-order chi connectivity index (χ0) is 19.3. The molecular formula is C19H24N2O5. The van der Waals surface area contributed by atoms with Gasteiger partial charge in [-0.15, -0.1) is 0 Å². The number of non-ortho nitro benzene ring substituents is 1. The molecule has 0 bridgehead atoms. The highest BCUT2D eigenvalue weighted by Crippen LogP contribution is 2.34. The monoisotopic (exact) mass is 360 g/mol. The van der Waals surface area contributed by atoms with Gasteiger partial charge in [0.05, 0.1) is 17.0 Å². The summed E-state index contributed by atoms with van der Waals surface area (Å²) in [6.07, 6.45) is 3.65. The first-order chi connectivity index (χ1) is 12.4. The van der Waals surface area contributed by atoms with Crippen LogP contribution in [-0.4, -0.2) is 22.7 Å². The van der Waals surface area contributed by atoms with Crippen molar-refractivity contribution in [1.82, 2.24) is 4.57 Å².